The van der Waals surface area contributed by atoms with Gasteiger partial charge >= 0.3 is 0 Å². The summed E-state index contributed by atoms with van der Waals surface area (Å²) in [6.07, 6.45) is 6.70. The van der Waals surface area contributed by atoms with Crippen LogP contribution in [0, 0.1) is 12.3 Å². The van der Waals surface area contributed by atoms with Crippen molar-refractivity contribution in [1.29, 1.82) is 0 Å². The summed E-state index contributed by atoms with van der Waals surface area (Å²) in [6, 6.07) is 2.54. The van der Waals surface area contributed by atoms with Gasteiger partial charge in [-0.1, -0.05) is 19.3 Å². The molecule has 1 unspecified atom stereocenters. The maximum Gasteiger partial charge on any atom is 0.243 e. The number of hydrogen-bond donors (Lipinski definition) is 2. The molecular weight excluding hydrogens is 396 g/mol. The summed E-state index contributed by atoms with van der Waals surface area (Å²) >= 11 is 6.41. The van der Waals surface area contributed by atoms with E-state index in [1.807, 2.05) is 6.92 Å². The topological polar surface area (TPSA) is 72.2 Å². The highest BCUT2D eigenvalue weighted by Crippen LogP contribution is 2.32. The van der Waals surface area contributed by atoms with Crippen LogP contribution in [0.1, 0.15) is 19.8 Å². The zero-order valence-electron chi connectivity index (χ0n) is 10.3. The largest absolute Gasteiger partial charge is 0.399 e. The fraction of sp³-hybridized carbons (Fsp3) is 0.333. The molecular formula is C12H14Br2N2O2S. The number of hydrogen-bond acceptors (Lipinski definition) is 3. The van der Waals surface area contributed by atoms with E-state index in [0.29, 0.717) is 21.1 Å². The first-order valence-corrected chi connectivity index (χ1v) is 8.61. The molecule has 1 aromatic carbocycles. The van der Waals surface area contributed by atoms with Gasteiger partial charge in [0.25, 0.3) is 0 Å². The van der Waals surface area contributed by atoms with Crippen LogP contribution in [0.3, 0.4) is 0 Å². The molecule has 0 spiro atoms. The van der Waals surface area contributed by atoms with Crippen LogP contribution in [0.25, 0.3) is 0 Å². The van der Waals surface area contributed by atoms with Gasteiger partial charge in [-0.3, -0.25) is 0 Å². The number of nitrogens with one attached hydrogen (secondary N) is 1. The standard InChI is InChI=1S/C12H14Br2N2O2S/c1-3-5-9(4-2)16-19(17,18)12-10(13)6-8(15)7-11(12)14/h2,6-7,9,16H,3,5,15H2,1H3. The number of halogens is 2. The van der Waals surface area contributed by atoms with Crippen LogP contribution in [-0.4, -0.2) is 14.5 Å². The maximum atomic E-state index is 12.3. The van der Waals surface area contributed by atoms with Gasteiger partial charge < -0.3 is 5.73 Å². The molecule has 0 fully saturated rings. The number of terminal acetylenes is 1. The summed E-state index contributed by atoms with van der Waals surface area (Å²) in [5.41, 5.74) is 6.10. The third kappa shape index (κ3) is 4.21. The van der Waals surface area contributed by atoms with E-state index in [4.69, 9.17) is 12.2 Å². The number of nitrogen functional groups attached to an aromatic ring is 1. The van der Waals surface area contributed by atoms with Crippen molar-refractivity contribution in [2.24, 2.45) is 0 Å². The summed E-state index contributed by atoms with van der Waals surface area (Å²) in [5, 5.41) is 0. The van der Waals surface area contributed by atoms with Crippen LogP contribution in [0.15, 0.2) is 26.0 Å². The predicted molar refractivity (Wildman–Crippen MR) is 84.1 cm³/mol. The van der Waals surface area contributed by atoms with Crippen molar-refractivity contribution in [3.8, 4) is 12.3 Å². The van der Waals surface area contributed by atoms with E-state index in [1.165, 1.54) is 12.1 Å². The Balaban J connectivity index is 3.18. The fourth-order valence-corrected chi connectivity index (χ4v) is 5.36. The summed E-state index contributed by atoms with van der Waals surface area (Å²) < 4.78 is 27.9. The normalized spacial score (nSPS) is 12.9. The highest BCUT2D eigenvalue weighted by molar-refractivity contribution is 9.11. The minimum Gasteiger partial charge on any atom is -0.399 e. The Morgan fingerprint density at radius 1 is 1.42 bits per heavy atom. The highest BCUT2D eigenvalue weighted by atomic mass is 79.9. The van der Waals surface area contributed by atoms with Gasteiger partial charge in [-0.25, -0.2) is 8.42 Å². The summed E-state index contributed by atoms with van der Waals surface area (Å²) in [7, 11) is -3.71. The van der Waals surface area contributed by atoms with Crippen molar-refractivity contribution >= 4 is 47.6 Å². The van der Waals surface area contributed by atoms with Crippen molar-refractivity contribution in [1.82, 2.24) is 4.72 Å². The number of benzene rings is 1. The van der Waals surface area contributed by atoms with Crippen molar-refractivity contribution < 1.29 is 8.42 Å². The molecule has 0 amide bonds. The van der Waals surface area contributed by atoms with Crippen LogP contribution in [0.2, 0.25) is 0 Å². The van der Waals surface area contributed by atoms with Gasteiger partial charge in [0.05, 0.1) is 6.04 Å². The van der Waals surface area contributed by atoms with E-state index in [2.05, 4.69) is 42.5 Å². The SMILES string of the molecule is C#CC(CCC)NS(=O)(=O)c1c(Br)cc(N)cc1Br. The van der Waals surface area contributed by atoms with E-state index in [0.717, 1.165) is 6.42 Å². The summed E-state index contributed by atoms with van der Waals surface area (Å²) in [6.45, 7) is 1.94. The Kier molecular flexibility index (Phi) is 5.86. The molecule has 0 radical (unpaired) electrons. The average Bonchev–Trinajstić information content (AvgIpc) is 2.25. The Hall–Kier alpha value is -0.550. The van der Waals surface area contributed by atoms with E-state index in [9.17, 15) is 8.42 Å². The van der Waals surface area contributed by atoms with Gasteiger partial charge in [0.1, 0.15) is 4.90 Å². The molecule has 1 rings (SSSR count). The van der Waals surface area contributed by atoms with E-state index < -0.39 is 16.1 Å². The van der Waals surface area contributed by atoms with E-state index >= 15 is 0 Å². The molecule has 0 aliphatic heterocycles. The lowest BCUT2D eigenvalue weighted by Gasteiger charge is -2.15. The molecule has 0 bridgehead atoms. The third-order valence-electron chi connectivity index (χ3n) is 2.37. The minimum absolute atomic E-state index is 0.0954. The second-order valence-electron chi connectivity index (χ2n) is 3.94. The van der Waals surface area contributed by atoms with Gasteiger partial charge in [0.2, 0.25) is 10.0 Å². The van der Waals surface area contributed by atoms with E-state index in [-0.39, 0.29) is 4.90 Å². The molecule has 0 aliphatic rings. The molecule has 19 heavy (non-hydrogen) atoms. The Morgan fingerprint density at radius 2 is 1.95 bits per heavy atom. The lowest BCUT2D eigenvalue weighted by molar-refractivity contribution is 0.563. The van der Waals surface area contributed by atoms with Crippen molar-refractivity contribution in [3.05, 3.63) is 21.1 Å². The number of rotatable bonds is 5. The number of sulfonamides is 1. The van der Waals surface area contributed by atoms with Gasteiger partial charge in [0, 0.05) is 14.6 Å². The maximum absolute atomic E-state index is 12.3. The molecule has 0 saturated carbocycles. The third-order valence-corrected chi connectivity index (χ3v) is 5.71. The average molecular weight is 410 g/mol. The van der Waals surface area contributed by atoms with Gasteiger partial charge in [-0.05, 0) is 50.4 Å². The van der Waals surface area contributed by atoms with Crippen molar-refractivity contribution in [3.63, 3.8) is 0 Å². The molecule has 1 atom stereocenters. The fourth-order valence-electron chi connectivity index (χ4n) is 1.55. The molecule has 4 nitrogen and oxygen atoms in total. The number of anilines is 1. The Morgan fingerprint density at radius 3 is 2.37 bits per heavy atom. The molecule has 0 heterocycles. The molecule has 0 aromatic heterocycles. The first kappa shape index (κ1) is 16.5. The lowest BCUT2D eigenvalue weighted by atomic mass is 10.2. The monoisotopic (exact) mass is 408 g/mol. The van der Waals surface area contributed by atoms with Crippen molar-refractivity contribution in [2.75, 3.05) is 5.73 Å². The number of nitrogens with two attached hydrogens (primary N) is 1. The zero-order valence-corrected chi connectivity index (χ0v) is 14.3. The van der Waals surface area contributed by atoms with Crippen LogP contribution in [-0.2, 0) is 10.0 Å². The molecule has 104 valence electrons. The van der Waals surface area contributed by atoms with E-state index in [1.54, 1.807) is 0 Å². The Bertz CT molecular complexity index is 586. The minimum atomic E-state index is -3.71. The first-order chi connectivity index (χ1) is 8.81. The second-order valence-corrected chi connectivity index (χ2v) is 7.30. The highest BCUT2D eigenvalue weighted by Gasteiger charge is 2.24. The second kappa shape index (κ2) is 6.75. The van der Waals surface area contributed by atoms with Crippen LogP contribution in [0.4, 0.5) is 5.69 Å². The van der Waals surface area contributed by atoms with Gasteiger partial charge in [-0.2, -0.15) is 4.72 Å². The zero-order chi connectivity index (χ0) is 14.6. The van der Waals surface area contributed by atoms with Gasteiger partial charge in [0.15, 0.2) is 0 Å². The summed E-state index contributed by atoms with van der Waals surface area (Å²) in [5.74, 6) is 2.43. The molecule has 7 heteroatoms. The lowest BCUT2D eigenvalue weighted by Crippen LogP contribution is -2.34. The molecule has 0 aliphatic carbocycles. The van der Waals surface area contributed by atoms with Gasteiger partial charge in [-0.15, -0.1) is 6.42 Å². The predicted octanol–water partition coefficient (Wildman–Crippen LogP) is 2.87. The molecule has 1 aromatic rings. The van der Waals surface area contributed by atoms with Crippen LogP contribution in [0.5, 0.6) is 0 Å². The molecule has 0 saturated heterocycles. The van der Waals surface area contributed by atoms with Crippen LogP contribution >= 0.6 is 31.9 Å². The summed E-state index contributed by atoms with van der Waals surface area (Å²) in [4.78, 5) is 0.0954. The quantitative estimate of drug-likeness (QED) is 0.580. The first-order valence-electron chi connectivity index (χ1n) is 5.54. The smallest absolute Gasteiger partial charge is 0.243 e. The van der Waals surface area contributed by atoms with Crippen molar-refractivity contribution in [2.45, 2.75) is 30.7 Å². The van der Waals surface area contributed by atoms with Crippen LogP contribution < -0.4 is 10.5 Å². The molecule has 3 N–H and O–H groups in total. The Labute approximate surface area is 130 Å².